The molecule has 1 aliphatic heterocycles. The van der Waals surface area contributed by atoms with Crippen molar-refractivity contribution in [2.45, 2.75) is 12.8 Å². The van der Waals surface area contributed by atoms with Crippen molar-refractivity contribution in [3.05, 3.63) is 18.2 Å². The first kappa shape index (κ1) is 14.5. The van der Waals surface area contributed by atoms with Crippen LogP contribution in [0, 0.1) is 0 Å². The minimum absolute atomic E-state index is 0.106. The summed E-state index contributed by atoms with van der Waals surface area (Å²) in [5.41, 5.74) is 7.41. The SMILES string of the molecule is Nc1ccc(N2CCOCC2)c(OCCCC(=O)O)c1. The molecule has 0 amide bonds. The van der Waals surface area contributed by atoms with E-state index in [1.807, 2.05) is 12.1 Å². The zero-order chi connectivity index (χ0) is 14.4. The fourth-order valence-electron chi connectivity index (χ4n) is 2.12. The molecule has 2 rings (SSSR count). The van der Waals surface area contributed by atoms with E-state index in [-0.39, 0.29) is 6.42 Å². The first-order chi connectivity index (χ1) is 9.66. The van der Waals surface area contributed by atoms with Gasteiger partial charge in [0.05, 0.1) is 25.5 Å². The van der Waals surface area contributed by atoms with Crippen molar-refractivity contribution in [1.82, 2.24) is 0 Å². The van der Waals surface area contributed by atoms with Crippen LogP contribution >= 0.6 is 0 Å². The minimum atomic E-state index is -0.811. The molecule has 0 spiro atoms. The van der Waals surface area contributed by atoms with Crippen LogP contribution in [0.25, 0.3) is 0 Å². The predicted molar refractivity (Wildman–Crippen MR) is 76.3 cm³/mol. The van der Waals surface area contributed by atoms with E-state index in [4.69, 9.17) is 20.3 Å². The van der Waals surface area contributed by atoms with Crippen LogP contribution < -0.4 is 15.4 Å². The number of aliphatic carboxylic acids is 1. The molecule has 0 aliphatic carbocycles. The molecule has 0 bridgehead atoms. The first-order valence-electron chi connectivity index (χ1n) is 6.73. The molecule has 1 fully saturated rings. The Morgan fingerprint density at radius 2 is 2.15 bits per heavy atom. The summed E-state index contributed by atoms with van der Waals surface area (Å²) in [7, 11) is 0. The van der Waals surface area contributed by atoms with Gasteiger partial charge in [-0.1, -0.05) is 0 Å². The second-order valence-corrected chi connectivity index (χ2v) is 4.67. The molecule has 6 heteroatoms. The second-order valence-electron chi connectivity index (χ2n) is 4.67. The molecular weight excluding hydrogens is 260 g/mol. The normalized spacial score (nSPS) is 15.1. The summed E-state index contributed by atoms with van der Waals surface area (Å²) in [6.45, 7) is 3.39. The predicted octanol–water partition coefficient (Wildman–Crippen LogP) is 1.35. The van der Waals surface area contributed by atoms with Gasteiger partial charge < -0.3 is 25.2 Å². The minimum Gasteiger partial charge on any atom is -0.491 e. The van der Waals surface area contributed by atoms with Crippen molar-refractivity contribution in [3.8, 4) is 5.75 Å². The van der Waals surface area contributed by atoms with Gasteiger partial charge >= 0.3 is 5.97 Å². The van der Waals surface area contributed by atoms with Gasteiger partial charge in [0.25, 0.3) is 0 Å². The number of carboxylic acid groups (broad SMARTS) is 1. The fourth-order valence-corrected chi connectivity index (χ4v) is 2.12. The highest BCUT2D eigenvalue weighted by Crippen LogP contribution is 2.31. The average Bonchev–Trinajstić information content (AvgIpc) is 2.44. The van der Waals surface area contributed by atoms with Gasteiger partial charge in [-0.3, -0.25) is 4.79 Å². The number of rotatable bonds is 6. The molecule has 1 heterocycles. The maximum absolute atomic E-state index is 10.5. The number of carboxylic acids is 1. The third-order valence-electron chi connectivity index (χ3n) is 3.13. The molecule has 0 aromatic heterocycles. The van der Waals surface area contributed by atoms with E-state index in [0.717, 1.165) is 18.8 Å². The van der Waals surface area contributed by atoms with E-state index < -0.39 is 5.97 Å². The monoisotopic (exact) mass is 280 g/mol. The summed E-state index contributed by atoms with van der Waals surface area (Å²) in [4.78, 5) is 12.7. The Hall–Kier alpha value is -1.95. The Morgan fingerprint density at radius 1 is 1.40 bits per heavy atom. The van der Waals surface area contributed by atoms with Gasteiger partial charge in [-0.05, 0) is 18.6 Å². The van der Waals surface area contributed by atoms with Crippen molar-refractivity contribution in [1.29, 1.82) is 0 Å². The lowest BCUT2D eigenvalue weighted by molar-refractivity contribution is -0.137. The molecule has 20 heavy (non-hydrogen) atoms. The smallest absolute Gasteiger partial charge is 0.303 e. The first-order valence-corrected chi connectivity index (χ1v) is 6.73. The average molecular weight is 280 g/mol. The highest BCUT2D eigenvalue weighted by Gasteiger charge is 2.16. The van der Waals surface area contributed by atoms with Crippen LogP contribution in [0.1, 0.15) is 12.8 Å². The van der Waals surface area contributed by atoms with E-state index in [1.54, 1.807) is 6.07 Å². The Balaban J connectivity index is 2.01. The molecule has 3 N–H and O–H groups in total. The number of hydrogen-bond donors (Lipinski definition) is 2. The number of nitrogen functional groups attached to an aromatic ring is 1. The lowest BCUT2D eigenvalue weighted by Crippen LogP contribution is -2.36. The number of nitrogens with zero attached hydrogens (tertiary/aromatic N) is 1. The maximum atomic E-state index is 10.5. The summed E-state index contributed by atoms with van der Waals surface area (Å²) in [6, 6.07) is 5.56. The molecule has 1 aromatic carbocycles. The van der Waals surface area contributed by atoms with Crippen molar-refractivity contribution in [2.24, 2.45) is 0 Å². The van der Waals surface area contributed by atoms with E-state index in [2.05, 4.69) is 4.90 Å². The summed E-state index contributed by atoms with van der Waals surface area (Å²) < 4.78 is 11.0. The standard InChI is InChI=1S/C14H20N2O4/c15-11-3-4-12(16-5-8-19-9-6-16)13(10-11)20-7-1-2-14(17)18/h3-4,10H,1-2,5-9,15H2,(H,17,18). The Morgan fingerprint density at radius 3 is 2.85 bits per heavy atom. The van der Waals surface area contributed by atoms with Crippen molar-refractivity contribution >= 4 is 17.3 Å². The summed E-state index contributed by atoms with van der Waals surface area (Å²) in [6.07, 6.45) is 0.585. The highest BCUT2D eigenvalue weighted by molar-refractivity contribution is 5.66. The molecule has 0 radical (unpaired) electrons. The topological polar surface area (TPSA) is 85.0 Å². The largest absolute Gasteiger partial charge is 0.491 e. The number of hydrogen-bond acceptors (Lipinski definition) is 5. The number of carbonyl (C=O) groups is 1. The fraction of sp³-hybridized carbons (Fsp3) is 0.500. The summed E-state index contributed by atoms with van der Waals surface area (Å²) >= 11 is 0. The van der Waals surface area contributed by atoms with Gasteiger partial charge in [0, 0.05) is 31.3 Å². The van der Waals surface area contributed by atoms with Gasteiger partial charge in [-0.15, -0.1) is 0 Å². The molecule has 1 aliphatic rings. The molecule has 110 valence electrons. The number of nitrogens with two attached hydrogens (primary N) is 1. The highest BCUT2D eigenvalue weighted by atomic mass is 16.5. The maximum Gasteiger partial charge on any atom is 0.303 e. The van der Waals surface area contributed by atoms with Gasteiger partial charge in [-0.25, -0.2) is 0 Å². The van der Waals surface area contributed by atoms with Gasteiger partial charge in [0.1, 0.15) is 5.75 Å². The number of benzene rings is 1. The van der Waals surface area contributed by atoms with Gasteiger partial charge in [-0.2, -0.15) is 0 Å². The van der Waals surface area contributed by atoms with Crippen LogP contribution in [-0.2, 0) is 9.53 Å². The third-order valence-corrected chi connectivity index (χ3v) is 3.13. The summed E-state index contributed by atoms with van der Waals surface area (Å²) in [5, 5.41) is 8.62. The zero-order valence-corrected chi connectivity index (χ0v) is 11.4. The number of ether oxygens (including phenoxy) is 2. The van der Waals surface area contributed by atoms with Crippen LogP contribution in [0.4, 0.5) is 11.4 Å². The van der Waals surface area contributed by atoms with Crippen LogP contribution in [-0.4, -0.2) is 44.0 Å². The zero-order valence-electron chi connectivity index (χ0n) is 11.4. The van der Waals surface area contributed by atoms with Crippen LogP contribution in [0.2, 0.25) is 0 Å². The lowest BCUT2D eigenvalue weighted by atomic mass is 10.2. The van der Waals surface area contributed by atoms with Crippen LogP contribution in [0.3, 0.4) is 0 Å². The van der Waals surface area contributed by atoms with E-state index in [0.29, 0.717) is 37.7 Å². The van der Waals surface area contributed by atoms with Crippen LogP contribution in [0.5, 0.6) is 5.75 Å². The molecule has 0 unspecified atom stereocenters. The lowest BCUT2D eigenvalue weighted by Gasteiger charge is -2.30. The molecule has 0 saturated carbocycles. The van der Waals surface area contributed by atoms with Crippen molar-refractivity contribution < 1.29 is 19.4 Å². The Kier molecular flexibility index (Phi) is 5.06. The van der Waals surface area contributed by atoms with Crippen LogP contribution in [0.15, 0.2) is 18.2 Å². The van der Waals surface area contributed by atoms with Gasteiger partial charge in [0.2, 0.25) is 0 Å². The molecule has 6 nitrogen and oxygen atoms in total. The Bertz CT molecular complexity index is 458. The number of anilines is 2. The third kappa shape index (κ3) is 4.03. The number of morpholine rings is 1. The second kappa shape index (κ2) is 7.00. The summed E-state index contributed by atoms with van der Waals surface area (Å²) in [5.74, 6) is -0.105. The Labute approximate surface area is 118 Å². The van der Waals surface area contributed by atoms with E-state index in [1.165, 1.54) is 0 Å². The molecular formula is C14H20N2O4. The van der Waals surface area contributed by atoms with Gasteiger partial charge in [0.15, 0.2) is 0 Å². The van der Waals surface area contributed by atoms with E-state index >= 15 is 0 Å². The van der Waals surface area contributed by atoms with Crippen molar-refractivity contribution in [2.75, 3.05) is 43.5 Å². The van der Waals surface area contributed by atoms with E-state index in [9.17, 15) is 4.79 Å². The molecule has 1 aromatic rings. The van der Waals surface area contributed by atoms with Crippen molar-refractivity contribution in [3.63, 3.8) is 0 Å². The quantitative estimate of drug-likeness (QED) is 0.604. The molecule has 0 atom stereocenters. The molecule has 1 saturated heterocycles.